The van der Waals surface area contributed by atoms with Crippen LogP contribution in [-0.4, -0.2) is 5.79 Å². The summed E-state index contributed by atoms with van der Waals surface area (Å²) >= 11 is 0. The van der Waals surface area contributed by atoms with Crippen molar-refractivity contribution in [2.24, 2.45) is 10.8 Å². The summed E-state index contributed by atoms with van der Waals surface area (Å²) in [6, 6.07) is 20.7. The minimum atomic E-state index is -0.856. The van der Waals surface area contributed by atoms with E-state index in [1.165, 1.54) is 5.56 Å². The number of hydrogen-bond donors (Lipinski definition) is 0. The van der Waals surface area contributed by atoms with E-state index in [2.05, 4.69) is 90.1 Å². The molecule has 2 aromatic carbocycles. The van der Waals surface area contributed by atoms with Crippen LogP contribution in [0.3, 0.4) is 0 Å². The minimum absolute atomic E-state index is 0.124. The van der Waals surface area contributed by atoms with Gasteiger partial charge in [-0.05, 0) is 28.9 Å². The van der Waals surface area contributed by atoms with Crippen LogP contribution in [0.2, 0.25) is 0 Å². The molecule has 1 heterocycles. The van der Waals surface area contributed by atoms with Crippen molar-refractivity contribution in [1.29, 1.82) is 0 Å². The van der Waals surface area contributed by atoms with E-state index in [-0.39, 0.29) is 10.8 Å². The maximum absolute atomic E-state index is 6.64. The number of benzene rings is 2. The van der Waals surface area contributed by atoms with Gasteiger partial charge < -0.3 is 9.47 Å². The lowest BCUT2D eigenvalue weighted by Gasteiger charge is -2.46. The molecule has 0 aliphatic carbocycles. The SMILES string of the molecule is CC(C)(C)C1=CC(c2ccccc2)=CC(OCc2ccccc2)(C(C)(C)C)O1. The summed E-state index contributed by atoms with van der Waals surface area (Å²) < 4.78 is 13.2. The van der Waals surface area contributed by atoms with Crippen molar-refractivity contribution in [3.05, 3.63) is 89.7 Å². The van der Waals surface area contributed by atoms with Crippen LogP contribution in [0, 0.1) is 10.8 Å². The summed E-state index contributed by atoms with van der Waals surface area (Å²) in [4.78, 5) is 0. The second-order valence-electron chi connectivity index (χ2n) is 9.52. The number of rotatable bonds is 4. The Morgan fingerprint density at radius 3 is 1.93 bits per heavy atom. The van der Waals surface area contributed by atoms with Gasteiger partial charge in [0.2, 0.25) is 5.79 Å². The monoisotopic (exact) mass is 376 g/mol. The summed E-state index contributed by atoms with van der Waals surface area (Å²) in [5.41, 5.74) is 3.06. The molecule has 0 bridgehead atoms. The van der Waals surface area contributed by atoms with Crippen LogP contribution in [0.25, 0.3) is 5.57 Å². The van der Waals surface area contributed by atoms with Gasteiger partial charge in [0, 0.05) is 10.8 Å². The molecular formula is C26H32O2. The van der Waals surface area contributed by atoms with Crippen molar-refractivity contribution in [3.8, 4) is 0 Å². The fourth-order valence-electron chi connectivity index (χ4n) is 3.20. The molecule has 0 N–H and O–H groups in total. The first-order chi connectivity index (χ1) is 13.1. The summed E-state index contributed by atoms with van der Waals surface area (Å²) in [7, 11) is 0. The summed E-state index contributed by atoms with van der Waals surface area (Å²) in [5.74, 6) is 0.0857. The van der Waals surface area contributed by atoms with Gasteiger partial charge in [0.25, 0.3) is 0 Å². The van der Waals surface area contributed by atoms with Crippen molar-refractivity contribution in [2.45, 2.75) is 53.9 Å². The zero-order valence-corrected chi connectivity index (χ0v) is 18.0. The van der Waals surface area contributed by atoms with E-state index >= 15 is 0 Å². The molecule has 1 unspecified atom stereocenters. The maximum atomic E-state index is 6.64. The van der Waals surface area contributed by atoms with E-state index in [1.54, 1.807) is 0 Å². The normalized spacial score (nSPS) is 20.2. The molecule has 3 rings (SSSR count). The van der Waals surface area contributed by atoms with Gasteiger partial charge >= 0.3 is 0 Å². The Morgan fingerprint density at radius 2 is 1.39 bits per heavy atom. The molecule has 148 valence electrons. The van der Waals surface area contributed by atoms with E-state index in [4.69, 9.17) is 9.47 Å². The van der Waals surface area contributed by atoms with Crippen LogP contribution in [-0.2, 0) is 16.1 Å². The molecule has 0 amide bonds. The first-order valence-electron chi connectivity index (χ1n) is 9.98. The Morgan fingerprint density at radius 1 is 0.821 bits per heavy atom. The molecule has 2 heteroatoms. The van der Waals surface area contributed by atoms with Gasteiger partial charge in [0.05, 0.1) is 6.61 Å². The van der Waals surface area contributed by atoms with Crippen molar-refractivity contribution in [1.82, 2.24) is 0 Å². The smallest absolute Gasteiger partial charge is 0.235 e. The fraction of sp³-hybridized carbons (Fsp3) is 0.385. The quantitative estimate of drug-likeness (QED) is 0.572. The number of ether oxygens (including phenoxy) is 2. The maximum Gasteiger partial charge on any atom is 0.235 e. The lowest BCUT2D eigenvalue weighted by Crippen LogP contribution is -2.48. The largest absolute Gasteiger partial charge is 0.462 e. The average molecular weight is 377 g/mol. The lowest BCUT2D eigenvalue weighted by atomic mass is 9.80. The molecular weight excluding hydrogens is 344 g/mol. The first-order valence-corrected chi connectivity index (χ1v) is 9.98. The van der Waals surface area contributed by atoms with Crippen LogP contribution in [0.1, 0.15) is 52.7 Å². The Kier molecular flexibility index (Phi) is 5.54. The predicted octanol–water partition coefficient (Wildman–Crippen LogP) is 6.99. The number of hydrogen-bond acceptors (Lipinski definition) is 2. The molecule has 0 saturated heterocycles. The van der Waals surface area contributed by atoms with Crippen molar-refractivity contribution in [3.63, 3.8) is 0 Å². The second-order valence-corrected chi connectivity index (χ2v) is 9.52. The second kappa shape index (κ2) is 7.60. The standard InChI is InChI=1S/C26H32O2/c1-24(2,3)23-17-22(21-15-11-8-12-16-21)18-26(28-23,25(4,5)6)27-19-20-13-9-7-10-14-20/h7-18H,19H2,1-6H3. The van der Waals surface area contributed by atoms with Crippen LogP contribution >= 0.6 is 0 Å². The summed E-state index contributed by atoms with van der Waals surface area (Å²) in [6.07, 6.45) is 4.31. The van der Waals surface area contributed by atoms with E-state index in [0.717, 1.165) is 16.9 Å². The Labute approximate surface area is 169 Å². The first kappa shape index (κ1) is 20.4. The molecule has 1 atom stereocenters. The molecule has 0 radical (unpaired) electrons. The highest BCUT2D eigenvalue weighted by Gasteiger charge is 2.47. The van der Waals surface area contributed by atoms with Crippen molar-refractivity contribution in [2.75, 3.05) is 0 Å². The summed E-state index contributed by atoms with van der Waals surface area (Å²) in [6.45, 7) is 13.5. The highest BCUT2D eigenvalue weighted by Crippen LogP contribution is 2.47. The molecule has 0 spiro atoms. The van der Waals surface area contributed by atoms with Gasteiger partial charge in [-0.15, -0.1) is 0 Å². The van der Waals surface area contributed by atoms with Crippen LogP contribution in [0.15, 0.2) is 78.6 Å². The van der Waals surface area contributed by atoms with E-state index < -0.39 is 5.79 Å². The molecule has 0 aromatic heterocycles. The van der Waals surface area contributed by atoms with Crippen molar-refractivity contribution < 1.29 is 9.47 Å². The van der Waals surface area contributed by atoms with Gasteiger partial charge in [-0.25, -0.2) is 0 Å². The van der Waals surface area contributed by atoms with E-state index in [1.807, 2.05) is 24.3 Å². The minimum Gasteiger partial charge on any atom is -0.462 e. The molecule has 0 saturated carbocycles. The summed E-state index contributed by atoms with van der Waals surface area (Å²) in [5, 5.41) is 0. The predicted molar refractivity (Wildman–Crippen MR) is 116 cm³/mol. The Bertz CT molecular complexity index is 849. The van der Waals surface area contributed by atoms with Gasteiger partial charge in [-0.3, -0.25) is 0 Å². The Hall–Kier alpha value is -2.32. The average Bonchev–Trinajstić information content (AvgIpc) is 2.66. The molecule has 28 heavy (non-hydrogen) atoms. The van der Waals surface area contributed by atoms with Crippen molar-refractivity contribution >= 4 is 5.57 Å². The zero-order valence-electron chi connectivity index (χ0n) is 18.0. The van der Waals surface area contributed by atoms with Gasteiger partial charge in [0.15, 0.2) is 0 Å². The zero-order chi connectivity index (χ0) is 20.4. The molecule has 1 aliphatic heterocycles. The van der Waals surface area contributed by atoms with Crippen LogP contribution < -0.4 is 0 Å². The lowest BCUT2D eigenvalue weighted by molar-refractivity contribution is -0.251. The van der Waals surface area contributed by atoms with Gasteiger partial charge in [0.1, 0.15) is 5.76 Å². The molecule has 0 fully saturated rings. The molecule has 1 aliphatic rings. The molecule has 2 nitrogen and oxygen atoms in total. The fourth-order valence-corrected chi connectivity index (χ4v) is 3.20. The highest BCUT2D eigenvalue weighted by molar-refractivity contribution is 5.76. The van der Waals surface area contributed by atoms with E-state index in [0.29, 0.717) is 6.61 Å². The third-order valence-corrected chi connectivity index (χ3v) is 5.08. The topological polar surface area (TPSA) is 18.5 Å². The number of allylic oxidation sites excluding steroid dienone is 3. The third kappa shape index (κ3) is 4.39. The van der Waals surface area contributed by atoms with Crippen LogP contribution in [0.4, 0.5) is 0 Å². The Balaban J connectivity index is 2.07. The third-order valence-electron chi connectivity index (χ3n) is 5.08. The van der Waals surface area contributed by atoms with Crippen LogP contribution in [0.5, 0.6) is 0 Å². The highest BCUT2D eigenvalue weighted by atomic mass is 16.7. The van der Waals surface area contributed by atoms with Gasteiger partial charge in [-0.1, -0.05) is 102 Å². The molecule has 2 aromatic rings. The van der Waals surface area contributed by atoms with Gasteiger partial charge in [-0.2, -0.15) is 0 Å². The van der Waals surface area contributed by atoms with E-state index in [9.17, 15) is 0 Å².